The number of imidazole rings is 1. The van der Waals surface area contributed by atoms with Gasteiger partial charge in [0.05, 0.1) is 18.8 Å². The number of carboxylic acid groups (broad SMARTS) is 1. The Labute approximate surface area is 228 Å². The number of aromatic amines is 1. The van der Waals surface area contributed by atoms with E-state index in [2.05, 4.69) is 25.9 Å². The zero-order valence-corrected chi connectivity index (χ0v) is 21.3. The minimum Gasteiger partial charge on any atom is -0.508 e. The maximum atomic E-state index is 13.3. The molecule has 1 aromatic heterocycles. The number of nitrogens with zero attached hydrogens (tertiary/aromatic N) is 1. The summed E-state index contributed by atoms with van der Waals surface area (Å²) in [6.07, 6.45) is 1.41. The molecule has 4 atom stereocenters. The lowest BCUT2D eigenvalue weighted by atomic mass is 10.0. The number of benzene rings is 1. The van der Waals surface area contributed by atoms with Crippen molar-refractivity contribution in [1.29, 1.82) is 0 Å². The van der Waals surface area contributed by atoms with E-state index < -0.39 is 66.1 Å². The number of primary amides is 2. The SMILES string of the molecule is NC(=O)CCC(NC(=O)C(Cc1cnc[nH]1)NC(=O)C(N)Cc1ccc(O)cc1)C(=O)NC(CC(N)=O)C(=O)O. The lowest BCUT2D eigenvalue weighted by Crippen LogP contribution is -2.58. The van der Waals surface area contributed by atoms with Crippen LogP contribution in [-0.4, -0.2) is 79.9 Å². The van der Waals surface area contributed by atoms with E-state index in [0.29, 0.717) is 11.3 Å². The van der Waals surface area contributed by atoms with Crippen LogP contribution in [0.4, 0.5) is 0 Å². The second kappa shape index (κ2) is 14.8. The number of carbonyl (C=O) groups is 6. The van der Waals surface area contributed by atoms with Crippen LogP contribution >= 0.6 is 0 Å². The van der Waals surface area contributed by atoms with Gasteiger partial charge in [-0.05, 0) is 30.5 Å². The molecule has 1 aromatic carbocycles. The Bertz CT molecular complexity index is 1200. The topological polar surface area (TPSA) is 286 Å². The van der Waals surface area contributed by atoms with E-state index in [0.717, 1.165) is 0 Å². The lowest BCUT2D eigenvalue weighted by molar-refractivity contribution is -0.144. The summed E-state index contributed by atoms with van der Waals surface area (Å²) in [6, 6.07) is 0.542. The highest BCUT2D eigenvalue weighted by atomic mass is 16.4. The Morgan fingerprint density at radius 2 is 1.45 bits per heavy atom. The largest absolute Gasteiger partial charge is 0.508 e. The molecule has 16 heteroatoms. The highest BCUT2D eigenvalue weighted by Gasteiger charge is 2.31. The molecule has 2 rings (SSSR count). The fourth-order valence-electron chi connectivity index (χ4n) is 3.58. The van der Waals surface area contributed by atoms with Crippen molar-refractivity contribution in [3.05, 3.63) is 48.0 Å². The predicted molar refractivity (Wildman–Crippen MR) is 138 cm³/mol. The fourth-order valence-corrected chi connectivity index (χ4v) is 3.58. The van der Waals surface area contributed by atoms with Gasteiger partial charge >= 0.3 is 5.97 Å². The number of amides is 5. The van der Waals surface area contributed by atoms with E-state index in [4.69, 9.17) is 17.2 Å². The Hall–Kier alpha value is -4.99. The first-order valence-corrected chi connectivity index (χ1v) is 12.1. The number of aromatic nitrogens is 2. The number of nitrogens with two attached hydrogens (primary N) is 3. The van der Waals surface area contributed by atoms with Crippen LogP contribution in [0.3, 0.4) is 0 Å². The van der Waals surface area contributed by atoms with E-state index in [-0.39, 0.29) is 31.4 Å². The number of phenolic OH excluding ortho intramolecular Hbond substituents is 1. The van der Waals surface area contributed by atoms with Gasteiger partial charge in [0.25, 0.3) is 0 Å². The lowest BCUT2D eigenvalue weighted by Gasteiger charge is -2.25. The quantitative estimate of drug-likeness (QED) is 0.0996. The predicted octanol–water partition coefficient (Wildman–Crippen LogP) is -3.09. The van der Waals surface area contributed by atoms with Gasteiger partial charge in [-0.2, -0.15) is 0 Å². The van der Waals surface area contributed by atoms with Crippen LogP contribution in [0.2, 0.25) is 0 Å². The zero-order valence-electron chi connectivity index (χ0n) is 21.3. The molecule has 5 amide bonds. The molecule has 0 aliphatic carbocycles. The highest BCUT2D eigenvalue weighted by molar-refractivity contribution is 5.95. The number of nitrogens with one attached hydrogen (secondary N) is 4. The van der Waals surface area contributed by atoms with Crippen LogP contribution in [0, 0.1) is 0 Å². The first kappa shape index (κ1) is 31.2. The molecule has 2 aromatic rings. The number of rotatable bonds is 16. The molecule has 0 radical (unpaired) electrons. The maximum absolute atomic E-state index is 13.3. The number of hydrogen-bond donors (Lipinski definition) is 9. The number of phenols is 1. The molecule has 0 aliphatic rings. The summed E-state index contributed by atoms with van der Waals surface area (Å²) in [7, 11) is 0. The Balaban J connectivity index is 2.20. The minimum atomic E-state index is -1.68. The van der Waals surface area contributed by atoms with Crippen LogP contribution in [0.15, 0.2) is 36.8 Å². The number of hydrogen-bond acceptors (Lipinski definition) is 9. The molecule has 0 bridgehead atoms. The summed E-state index contributed by atoms with van der Waals surface area (Å²) in [4.78, 5) is 79.6. The van der Waals surface area contributed by atoms with Gasteiger partial charge in [0, 0.05) is 24.7 Å². The van der Waals surface area contributed by atoms with Crippen molar-refractivity contribution in [3.63, 3.8) is 0 Å². The van der Waals surface area contributed by atoms with Crippen molar-refractivity contribution in [2.75, 3.05) is 0 Å². The summed E-state index contributed by atoms with van der Waals surface area (Å²) in [5, 5.41) is 25.7. The molecule has 4 unspecified atom stereocenters. The van der Waals surface area contributed by atoms with E-state index in [1.165, 1.54) is 24.7 Å². The van der Waals surface area contributed by atoms with Crippen molar-refractivity contribution in [2.45, 2.75) is 56.3 Å². The molecule has 0 spiro atoms. The number of aromatic hydroxyl groups is 1. The van der Waals surface area contributed by atoms with E-state index in [1.54, 1.807) is 12.1 Å². The molecule has 0 aliphatic heterocycles. The third kappa shape index (κ3) is 10.4. The number of H-pyrrole nitrogens is 1. The Kier molecular flexibility index (Phi) is 11.6. The summed E-state index contributed by atoms with van der Waals surface area (Å²) in [5.41, 5.74) is 17.4. The van der Waals surface area contributed by atoms with E-state index >= 15 is 0 Å². The maximum Gasteiger partial charge on any atom is 0.326 e. The normalized spacial score (nSPS) is 13.7. The van der Waals surface area contributed by atoms with Crippen LogP contribution < -0.4 is 33.2 Å². The number of carboxylic acids is 1. The van der Waals surface area contributed by atoms with Gasteiger partial charge in [-0.1, -0.05) is 12.1 Å². The molecule has 216 valence electrons. The Morgan fingerprint density at radius 3 is 2.00 bits per heavy atom. The summed E-state index contributed by atoms with van der Waals surface area (Å²) < 4.78 is 0. The first-order chi connectivity index (χ1) is 18.8. The second-order valence-corrected chi connectivity index (χ2v) is 8.96. The van der Waals surface area contributed by atoms with Crippen LogP contribution in [0.25, 0.3) is 0 Å². The Morgan fingerprint density at radius 1 is 0.850 bits per heavy atom. The van der Waals surface area contributed by atoms with Crippen molar-refractivity contribution >= 4 is 35.5 Å². The molecule has 0 fully saturated rings. The van der Waals surface area contributed by atoms with Gasteiger partial charge in [-0.3, -0.25) is 24.0 Å². The molecular formula is C24H32N8O8. The highest BCUT2D eigenvalue weighted by Crippen LogP contribution is 2.11. The summed E-state index contributed by atoms with van der Waals surface area (Å²) in [6.45, 7) is 0. The molecule has 40 heavy (non-hydrogen) atoms. The smallest absolute Gasteiger partial charge is 0.326 e. The number of aliphatic carboxylic acids is 1. The van der Waals surface area contributed by atoms with Gasteiger partial charge in [0.15, 0.2) is 0 Å². The van der Waals surface area contributed by atoms with Crippen LogP contribution in [-0.2, 0) is 41.6 Å². The molecule has 0 saturated carbocycles. The van der Waals surface area contributed by atoms with Gasteiger partial charge in [0.1, 0.15) is 23.9 Å². The molecule has 12 N–H and O–H groups in total. The summed E-state index contributed by atoms with van der Waals surface area (Å²) in [5.74, 6) is -5.85. The standard InChI is InChI=1S/C24H32N8O8/c25-15(7-12-1-3-14(33)4-2-12)21(36)31-17(8-13-10-28-11-29-13)23(38)30-16(5-6-19(26)34)22(37)32-18(24(39)40)9-20(27)35/h1-4,10-11,15-18,33H,5-9,25H2,(H2,26,34)(H2,27,35)(H,28,29)(H,30,38)(H,31,36)(H,32,37)(H,39,40). The fraction of sp³-hybridized carbons (Fsp3) is 0.375. The zero-order chi connectivity index (χ0) is 29.8. The van der Waals surface area contributed by atoms with Gasteiger partial charge in [-0.15, -0.1) is 0 Å². The average Bonchev–Trinajstić information content (AvgIpc) is 3.39. The minimum absolute atomic E-state index is 0.0392. The van der Waals surface area contributed by atoms with E-state index in [9.17, 15) is 39.0 Å². The number of carbonyl (C=O) groups excluding carboxylic acids is 5. The van der Waals surface area contributed by atoms with E-state index in [1.807, 2.05) is 0 Å². The monoisotopic (exact) mass is 560 g/mol. The van der Waals surface area contributed by atoms with Crippen molar-refractivity contribution in [3.8, 4) is 5.75 Å². The molecular weight excluding hydrogens is 528 g/mol. The van der Waals surface area contributed by atoms with Crippen molar-refractivity contribution in [2.24, 2.45) is 17.2 Å². The van der Waals surface area contributed by atoms with Crippen LogP contribution in [0.1, 0.15) is 30.5 Å². The van der Waals surface area contributed by atoms with Crippen molar-refractivity contribution < 1.29 is 39.0 Å². The third-order valence-corrected chi connectivity index (χ3v) is 5.67. The average molecular weight is 561 g/mol. The van der Waals surface area contributed by atoms with Gasteiger partial charge in [-0.25, -0.2) is 9.78 Å². The van der Waals surface area contributed by atoms with Gasteiger partial charge in [0.2, 0.25) is 29.5 Å². The molecule has 0 saturated heterocycles. The summed E-state index contributed by atoms with van der Waals surface area (Å²) >= 11 is 0. The van der Waals surface area contributed by atoms with Crippen LogP contribution in [0.5, 0.6) is 5.75 Å². The van der Waals surface area contributed by atoms with Gasteiger partial charge < -0.3 is 48.3 Å². The molecule has 16 nitrogen and oxygen atoms in total. The first-order valence-electron chi connectivity index (χ1n) is 12.1. The second-order valence-electron chi connectivity index (χ2n) is 8.96. The molecule has 1 heterocycles. The van der Waals surface area contributed by atoms with Crippen molar-refractivity contribution in [1.82, 2.24) is 25.9 Å². The third-order valence-electron chi connectivity index (χ3n) is 5.67.